The smallest absolute Gasteiger partial charge is 0.410 e. The van der Waals surface area contributed by atoms with E-state index in [0.29, 0.717) is 18.0 Å². The van der Waals surface area contributed by atoms with Crippen LogP contribution in [0.3, 0.4) is 0 Å². The Labute approximate surface area is 147 Å². The fraction of sp³-hybridized carbons (Fsp3) is 0.588. The van der Waals surface area contributed by atoms with Crippen LogP contribution in [0.25, 0.3) is 0 Å². The highest BCUT2D eigenvalue weighted by Crippen LogP contribution is 2.34. The zero-order valence-electron chi connectivity index (χ0n) is 14.9. The molecule has 0 radical (unpaired) electrons. The van der Waals surface area contributed by atoms with Gasteiger partial charge in [0.2, 0.25) is 0 Å². The molecule has 0 fully saturated rings. The van der Waals surface area contributed by atoms with Gasteiger partial charge in [-0.1, -0.05) is 15.9 Å². The lowest BCUT2D eigenvalue weighted by atomic mass is 10.1. The SMILES string of the molecule is COc1cc(Br)cc(OC)c1CN(C(=O)OC(C)(C)C)C(C)C. The molecule has 0 heterocycles. The zero-order chi connectivity index (χ0) is 17.8. The predicted octanol–water partition coefficient (Wildman–Crippen LogP) is 4.61. The van der Waals surface area contributed by atoms with Gasteiger partial charge in [-0.3, -0.25) is 0 Å². The molecule has 0 spiro atoms. The first kappa shape index (κ1) is 19.6. The highest BCUT2D eigenvalue weighted by molar-refractivity contribution is 9.10. The van der Waals surface area contributed by atoms with Gasteiger partial charge in [0, 0.05) is 10.5 Å². The number of carbonyl (C=O) groups excluding carboxylic acids is 1. The molecular weight excluding hydrogens is 362 g/mol. The highest BCUT2D eigenvalue weighted by atomic mass is 79.9. The fourth-order valence-corrected chi connectivity index (χ4v) is 2.47. The van der Waals surface area contributed by atoms with Crippen LogP contribution >= 0.6 is 15.9 Å². The van der Waals surface area contributed by atoms with Gasteiger partial charge < -0.3 is 19.1 Å². The topological polar surface area (TPSA) is 48.0 Å². The molecule has 0 saturated carbocycles. The molecule has 0 atom stereocenters. The van der Waals surface area contributed by atoms with Crippen molar-refractivity contribution >= 4 is 22.0 Å². The molecule has 0 aliphatic heterocycles. The summed E-state index contributed by atoms with van der Waals surface area (Å²) in [6, 6.07) is 3.68. The Bertz CT molecular complexity index is 527. The molecule has 5 nitrogen and oxygen atoms in total. The van der Waals surface area contributed by atoms with E-state index >= 15 is 0 Å². The van der Waals surface area contributed by atoms with Crippen LogP contribution in [0.2, 0.25) is 0 Å². The van der Waals surface area contributed by atoms with Crippen molar-refractivity contribution in [2.75, 3.05) is 14.2 Å². The van der Waals surface area contributed by atoms with Crippen molar-refractivity contribution in [1.29, 1.82) is 0 Å². The van der Waals surface area contributed by atoms with Gasteiger partial charge in [-0.05, 0) is 46.8 Å². The number of hydrogen-bond acceptors (Lipinski definition) is 4. The van der Waals surface area contributed by atoms with Crippen molar-refractivity contribution in [3.8, 4) is 11.5 Å². The van der Waals surface area contributed by atoms with E-state index in [0.717, 1.165) is 10.0 Å². The highest BCUT2D eigenvalue weighted by Gasteiger charge is 2.26. The first-order chi connectivity index (χ1) is 10.6. The number of benzene rings is 1. The van der Waals surface area contributed by atoms with Gasteiger partial charge in [0.05, 0.1) is 26.3 Å². The number of nitrogens with zero attached hydrogens (tertiary/aromatic N) is 1. The van der Waals surface area contributed by atoms with E-state index in [1.165, 1.54) is 0 Å². The Morgan fingerprint density at radius 3 is 2.00 bits per heavy atom. The quantitative estimate of drug-likeness (QED) is 0.739. The summed E-state index contributed by atoms with van der Waals surface area (Å²) in [7, 11) is 3.19. The van der Waals surface area contributed by atoms with Crippen LogP contribution in [0, 0.1) is 0 Å². The Kier molecular flexibility index (Phi) is 6.74. The molecule has 0 aliphatic carbocycles. The molecular formula is C17H26BrNO4. The Hall–Kier alpha value is -1.43. The lowest BCUT2D eigenvalue weighted by Crippen LogP contribution is -2.40. The van der Waals surface area contributed by atoms with Crippen molar-refractivity contribution < 1.29 is 19.0 Å². The molecule has 0 N–H and O–H groups in total. The van der Waals surface area contributed by atoms with Crippen LogP contribution in [0.15, 0.2) is 16.6 Å². The average molecular weight is 388 g/mol. The van der Waals surface area contributed by atoms with E-state index in [2.05, 4.69) is 15.9 Å². The normalized spacial score (nSPS) is 11.3. The van der Waals surface area contributed by atoms with Crippen LogP contribution in [-0.2, 0) is 11.3 Å². The number of hydrogen-bond donors (Lipinski definition) is 0. The number of ether oxygens (including phenoxy) is 3. The molecule has 0 bridgehead atoms. The summed E-state index contributed by atoms with van der Waals surface area (Å²) < 4.78 is 17.2. The van der Waals surface area contributed by atoms with Gasteiger partial charge in [-0.15, -0.1) is 0 Å². The van der Waals surface area contributed by atoms with E-state index in [1.54, 1.807) is 19.1 Å². The molecule has 1 amide bonds. The molecule has 6 heteroatoms. The Morgan fingerprint density at radius 1 is 1.17 bits per heavy atom. The second-order valence-electron chi connectivity index (χ2n) is 6.49. The lowest BCUT2D eigenvalue weighted by molar-refractivity contribution is 0.0169. The largest absolute Gasteiger partial charge is 0.496 e. The molecule has 0 saturated heterocycles. The molecule has 1 aromatic rings. The number of carbonyl (C=O) groups is 1. The number of halogens is 1. The minimum absolute atomic E-state index is 0.0251. The van der Waals surface area contributed by atoms with Crippen LogP contribution in [0.5, 0.6) is 11.5 Å². The van der Waals surface area contributed by atoms with E-state index in [1.807, 2.05) is 46.8 Å². The summed E-state index contributed by atoms with van der Waals surface area (Å²) >= 11 is 3.43. The number of methoxy groups -OCH3 is 2. The van der Waals surface area contributed by atoms with Gasteiger partial charge in [-0.25, -0.2) is 4.79 Å². The van der Waals surface area contributed by atoms with Crippen molar-refractivity contribution in [3.63, 3.8) is 0 Å². The van der Waals surface area contributed by atoms with Gasteiger partial charge in [0.25, 0.3) is 0 Å². The molecule has 1 rings (SSSR count). The first-order valence-electron chi connectivity index (χ1n) is 7.49. The van der Waals surface area contributed by atoms with Crippen molar-refractivity contribution in [3.05, 3.63) is 22.2 Å². The maximum atomic E-state index is 12.5. The van der Waals surface area contributed by atoms with Crippen LogP contribution in [-0.4, -0.2) is 36.9 Å². The van der Waals surface area contributed by atoms with Crippen LogP contribution in [0.1, 0.15) is 40.2 Å². The summed E-state index contributed by atoms with van der Waals surface area (Å²) in [6.45, 7) is 9.79. The monoisotopic (exact) mass is 387 g/mol. The maximum Gasteiger partial charge on any atom is 0.410 e. The van der Waals surface area contributed by atoms with Crippen LogP contribution < -0.4 is 9.47 Å². The van der Waals surface area contributed by atoms with Gasteiger partial charge >= 0.3 is 6.09 Å². The Morgan fingerprint density at radius 2 is 1.65 bits per heavy atom. The van der Waals surface area contributed by atoms with Crippen LogP contribution in [0.4, 0.5) is 4.79 Å². The summed E-state index contributed by atoms with van der Waals surface area (Å²) in [5.74, 6) is 1.32. The lowest BCUT2D eigenvalue weighted by Gasteiger charge is -2.31. The first-order valence-corrected chi connectivity index (χ1v) is 8.28. The van der Waals surface area contributed by atoms with Gasteiger partial charge in [0.1, 0.15) is 17.1 Å². The fourth-order valence-electron chi connectivity index (χ4n) is 2.06. The molecule has 0 aliphatic rings. The molecule has 0 aromatic heterocycles. The summed E-state index contributed by atoms with van der Waals surface area (Å²) in [4.78, 5) is 14.1. The second kappa shape index (κ2) is 7.90. The average Bonchev–Trinajstić information content (AvgIpc) is 2.42. The third-order valence-electron chi connectivity index (χ3n) is 3.15. The molecule has 130 valence electrons. The number of amides is 1. The third kappa shape index (κ3) is 5.61. The summed E-state index contributed by atoms with van der Waals surface area (Å²) in [5.41, 5.74) is 0.260. The van der Waals surface area contributed by atoms with Crippen molar-refractivity contribution in [1.82, 2.24) is 4.90 Å². The molecule has 0 unspecified atom stereocenters. The van der Waals surface area contributed by atoms with E-state index in [4.69, 9.17) is 14.2 Å². The second-order valence-corrected chi connectivity index (χ2v) is 7.41. The number of rotatable bonds is 5. The molecule has 23 heavy (non-hydrogen) atoms. The summed E-state index contributed by atoms with van der Waals surface area (Å²) in [5, 5.41) is 0. The third-order valence-corrected chi connectivity index (χ3v) is 3.61. The van der Waals surface area contributed by atoms with Crippen molar-refractivity contribution in [2.24, 2.45) is 0 Å². The summed E-state index contributed by atoms with van der Waals surface area (Å²) in [6.07, 6.45) is -0.362. The predicted molar refractivity (Wildman–Crippen MR) is 94.2 cm³/mol. The minimum atomic E-state index is -0.544. The van der Waals surface area contributed by atoms with Gasteiger partial charge in [-0.2, -0.15) is 0 Å². The maximum absolute atomic E-state index is 12.5. The molecule has 1 aromatic carbocycles. The Balaban J connectivity index is 3.17. The van der Waals surface area contributed by atoms with Gasteiger partial charge in [0.15, 0.2) is 0 Å². The zero-order valence-corrected chi connectivity index (χ0v) is 16.5. The van der Waals surface area contributed by atoms with Crippen molar-refractivity contribution in [2.45, 2.75) is 52.8 Å². The minimum Gasteiger partial charge on any atom is -0.496 e. The van der Waals surface area contributed by atoms with E-state index in [9.17, 15) is 4.79 Å². The van der Waals surface area contributed by atoms with E-state index in [-0.39, 0.29) is 12.1 Å². The standard InChI is InChI=1S/C17H26BrNO4/c1-11(2)19(16(20)23-17(3,4)5)10-13-14(21-6)8-12(18)9-15(13)22-7/h8-9,11H,10H2,1-7H3. The van der Waals surface area contributed by atoms with E-state index < -0.39 is 5.60 Å².